The first-order chi connectivity index (χ1) is 6.84. The van der Waals surface area contributed by atoms with Gasteiger partial charge in [0.1, 0.15) is 0 Å². The third-order valence-corrected chi connectivity index (χ3v) is 2.91. The number of nitrogens with one attached hydrogen (secondary N) is 2. The Hall–Kier alpha value is -0.830. The summed E-state index contributed by atoms with van der Waals surface area (Å²) >= 11 is 0. The minimum atomic E-state index is 0.778. The Labute approximate surface area is 85.3 Å². The Morgan fingerprint density at radius 3 is 3.21 bits per heavy atom. The van der Waals surface area contributed by atoms with Gasteiger partial charge < -0.3 is 5.32 Å². The minimum absolute atomic E-state index is 0.778. The second-order valence-corrected chi connectivity index (χ2v) is 4.31. The molecule has 0 aromatic carbocycles. The van der Waals surface area contributed by atoms with Crippen molar-refractivity contribution >= 4 is 0 Å². The quantitative estimate of drug-likeness (QED) is 0.750. The maximum atomic E-state index is 4.29. The fourth-order valence-electron chi connectivity index (χ4n) is 2.14. The van der Waals surface area contributed by atoms with E-state index in [4.69, 9.17) is 0 Å². The fraction of sp³-hybridized carbons (Fsp3) is 0.727. The highest BCUT2D eigenvalue weighted by Gasteiger charge is 2.13. The molecule has 0 bridgehead atoms. The van der Waals surface area contributed by atoms with Gasteiger partial charge in [-0.2, -0.15) is 5.10 Å². The van der Waals surface area contributed by atoms with Crippen LogP contribution in [0, 0.1) is 12.8 Å². The van der Waals surface area contributed by atoms with Gasteiger partial charge in [-0.1, -0.05) is 6.42 Å². The molecule has 2 N–H and O–H groups in total. The lowest BCUT2D eigenvalue weighted by Gasteiger charge is -2.11. The van der Waals surface area contributed by atoms with Crippen LogP contribution in [0.5, 0.6) is 0 Å². The zero-order chi connectivity index (χ0) is 9.80. The predicted octanol–water partition coefficient (Wildman–Crippen LogP) is 1.65. The zero-order valence-corrected chi connectivity index (χ0v) is 8.84. The first-order valence-electron chi connectivity index (χ1n) is 5.56. The maximum Gasteiger partial charge on any atom is 0.0628 e. The number of aromatic amines is 1. The molecular weight excluding hydrogens is 174 g/mol. The zero-order valence-electron chi connectivity index (χ0n) is 8.84. The maximum absolute atomic E-state index is 4.29. The second kappa shape index (κ2) is 4.60. The highest BCUT2D eigenvalue weighted by molar-refractivity contribution is 5.07. The van der Waals surface area contributed by atoms with Crippen LogP contribution in [0.3, 0.4) is 0 Å². The van der Waals surface area contributed by atoms with E-state index in [0.717, 1.165) is 18.9 Å². The minimum Gasteiger partial charge on any atom is -0.316 e. The number of nitrogens with zero attached hydrogens (tertiary/aromatic N) is 1. The van der Waals surface area contributed by atoms with E-state index in [0.29, 0.717) is 0 Å². The van der Waals surface area contributed by atoms with Gasteiger partial charge in [0.25, 0.3) is 0 Å². The van der Waals surface area contributed by atoms with Crippen molar-refractivity contribution in [1.82, 2.24) is 15.5 Å². The number of hydrogen-bond acceptors (Lipinski definition) is 2. The molecule has 1 aromatic heterocycles. The topological polar surface area (TPSA) is 40.7 Å². The van der Waals surface area contributed by atoms with Crippen LogP contribution in [0.15, 0.2) is 6.07 Å². The number of rotatable bonds is 2. The van der Waals surface area contributed by atoms with Crippen molar-refractivity contribution in [3.05, 3.63) is 17.5 Å². The molecule has 0 saturated carbocycles. The summed E-state index contributed by atoms with van der Waals surface area (Å²) in [5.74, 6) is 0.778. The Morgan fingerprint density at radius 2 is 2.43 bits per heavy atom. The van der Waals surface area contributed by atoms with Gasteiger partial charge in [0, 0.05) is 5.69 Å². The van der Waals surface area contributed by atoms with E-state index in [-0.39, 0.29) is 0 Å². The number of H-pyrrole nitrogens is 1. The Balaban J connectivity index is 1.89. The van der Waals surface area contributed by atoms with Gasteiger partial charge in [-0.15, -0.1) is 0 Å². The number of aromatic nitrogens is 2. The van der Waals surface area contributed by atoms with Crippen molar-refractivity contribution in [3.8, 4) is 0 Å². The molecule has 78 valence electrons. The summed E-state index contributed by atoms with van der Waals surface area (Å²) in [5, 5.41) is 10.8. The summed E-state index contributed by atoms with van der Waals surface area (Å²) in [6.45, 7) is 4.41. The van der Waals surface area contributed by atoms with Crippen molar-refractivity contribution in [1.29, 1.82) is 0 Å². The lowest BCUT2D eigenvalue weighted by molar-refractivity contribution is 0.472. The molecule has 1 aliphatic rings. The van der Waals surface area contributed by atoms with Crippen LogP contribution >= 0.6 is 0 Å². The molecule has 2 heterocycles. The molecule has 3 heteroatoms. The third-order valence-electron chi connectivity index (χ3n) is 2.91. The molecular formula is C11H19N3. The smallest absolute Gasteiger partial charge is 0.0628 e. The second-order valence-electron chi connectivity index (χ2n) is 4.31. The lowest BCUT2D eigenvalue weighted by atomic mass is 9.98. The molecule has 1 unspecified atom stereocenters. The van der Waals surface area contributed by atoms with Crippen LogP contribution < -0.4 is 5.32 Å². The van der Waals surface area contributed by atoms with E-state index in [1.165, 1.54) is 37.2 Å². The molecule has 1 atom stereocenters. The van der Waals surface area contributed by atoms with Crippen LogP contribution in [-0.4, -0.2) is 23.3 Å². The van der Waals surface area contributed by atoms with Crippen LogP contribution in [0.2, 0.25) is 0 Å². The van der Waals surface area contributed by atoms with Crippen molar-refractivity contribution in [2.24, 2.45) is 5.92 Å². The van der Waals surface area contributed by atoms with Crippen LogP contribution in [0.4, 0.5) is 0 Å². The molecule has 0 amide bonds. The average Bonchev–Trinajstić information content (AvgIpc) is 2.43. The summed E-state index contributed by atoms with van der Waals surface area (Å²) < 4.78 is 0. The van der Waals surface area contributed by atoms with Gasteiger partial charge in [-0.05, 0) is 51.3 Å². The standard InChI is InChI=1S/C11H19N3/c1-9-6-11(14-13-9)7-10-4-2-3-5-12-8-10/h6,10,12H,2-5,7-8H2,1H3,(H,13,14). The summed E-state index contributed by atoms with van der Waals surface area (Å²) in [7, 11) is 0. The Bertz CT molecular complexity index is 272. The Kier molecular flexibility index (Phi) is 3.19. The van der Waals surface area contributed by atoms with Gasteiger partial charge in [0.2, 0.25) is 0 Å². The SMILES string of the molecule is Cc1cc(CC2CCCCNC2)n[nH]1. The molecule has 0 radical (unpaired) electrons. The molecule has 1 fully saturated rings. The van der Waals surface area contributed by atoms with Crippen LogP contribution in [0.1, 0.15) is 30.7 Å². The average molecular weight is 193 g/mol. The van der Waals surface area contributed by atoms with Crippen molar-refractivity contribution in [3.63, 3.8) is 0 Å². The predicted molar refractivity (Wildman–Crippen MR) is 57.2 cm³/mol. The molecule has 2 rings (SSSR count). The molecule has 0 aliphatic carbocycles. The van der Waals surface area contributed by atoms with E-state index in [2.05, 4.69) is 28.5 Å². The molecule has 1 aliphatic heterocycles. The highest BCUT2D eigenvalue weighted by atomic mass is 15.1. The molecule has 0 spiro atoms. The van der Waals surface area contributed by atoms with Gasteiger partial charge in [0.05, 0.1) is 5.69 Å². The molecule has 1 saturated heterocycles. The normalized spacial score (nSPS) is 23.4. The summed E-state index contributed by atoms with van der Waals surface area (Å²) in [6.07, 6.45) is 5.16. The number of hydrogen-bond donors (Lipinski definition) is 2. The lowest BCUT2D eigenvalue weighted by Crippen LogP contribution is -2.22. The first-order valence-corrected chi connectivity index (χ1v) is 5.56. The van der Waals surface area contributed by atoms with Crippen molar-refractivity contribution in [2.45, 2.75) is 32.6 Å². The first kappa shape index (κ1) is 9.71. The van der Waals surface area contributed by atoms with Gasteiger partial charge in [-0.25, -0.2) is 0 Å². The highest BCUT2D eigenvalue weighted by Crippen LogP contribution is 2.15. The fourth-order valence-corrected chi connectivity index (χ4v) is 2.14. The van der Waals surface area contributed by atoms with Gasteiger partial charge >= 0.3 is 0 Å². The van der Waals surface area contributed by atoms with E-state index < -0.39 is 0 Å². The third kappa shape index (κ3) is 2.58. The van der Waals surface area contributed by atoms with E-state index >= 15 is 0 Å². The van der Waals surface area contributed by atoms with Crippen molar-refractivity contribution < 1.29 is 0 Å². The van der Waals surface area contributed by atoms with E-state index in [1.54, 1.807) is 0 Å². The van der Waals surface area contributed by atoms with Gasteiger partial charge in [-0.3, -0.25) is 5.10 Å². The molecule has 14 heavy (non-hydrogen) atoms. The van der Waals surface area contributed by atoms with E-state index in [9.17, 15) is 0 Å². The summed E-state index contributed by atoms with van der Waals surface area (Å²) in [6, 6.07) is 2.16. The monoisotopic (exact) mass is 193 g/mol. The molecule has 1 aromatic rings. The van der Waals surface area contributed by atoms with Crippen LogP contribution in [-0.2, 0) is 6.42 Å². The molecule has 3 nitrogen and oxygen atoms in total. The van der Waals surface area contributed by atoms with Gasteiger partial charge in [0.15, 0.2) is 0 Å². The van der Waals surface area contributed by atoms with Crippen molar-refractivity contribution in [2.75, 3.05) is 13.1 Å². The summed E-state index contributed by atoms with van der Waals surface area (Å²) in [5.41, 5.74) is 2.39. The summed E-state index contributed by atoms with van der Waals surface area (Å²) in [4.78, 5) is 0. The largest absolute Gasteiger partial charge is 0.316 e. The Morgan fingerprint density at radius 1 is 1.50 bits per heavy atom. The number of aryl methyl sites for hydroxylation is 1. The van der Waals surface area contributed by atoms with E-state index in [1.807, 2.05) is 0 Å². The van der Waals surface area contributed by atoms with Crippen LogP contribution in [0.25, 0.3) is 0 Å².